The number of rotatable bonds is 4. The molecule has 0 amide bonds. The van der Waals surface area contributed by atoms with Crippen molar-refractivity contribution in [3.8, 4) is 11.8 Å². The first kappa shape index (κ1) is 16.3. The Bertz CT molecular complexity index is 743. The first-order valence-electron chi connectivity index (χ1n) is 8.33. The van der Waals surface area contributed by atoms with Crippen molar-refractivity contribution in [1.82, 2.24) is 5.32 Å². The van der Waals surface area contributed by atoms with Gasteiger partial charge in [0.25, 0.3) is 0 Å². The van der Waals surface area contributed by atoms with Gasteiger partial charge in [0.2, 0.25) is 0 Å². The lowest BCUT2D eigenvalue weighted by atomic mass is 9.81. The van der Waals surface area contributed by atoms with Crippen LogP contribution in [0.15, 0.2) is 54.6 Å². The fraction of sp³-hybridized carbons (Fsp3) is 0.286. The number of hydrogen-bond donors (Lipinski definition) is 1. The van der Waals surface area contributed by atoms with E-state index in [9.17, 15) is 0 Å². The lowest BCUT2D eigenvalue weighted by Gasteiger charge is -2.30. The van der Waals surface area contributed by atoms with Crippen LogP contribution in [0.1, 0.15) is 29.0 Å². The van der Waals surface area contributed by atoms with Gasteiger partial charge in [-0.1, -0.05) is 36.4 Å². The Balaban J connectivity index is 1.78. The van der Waals surface area contributed by atoms with E-state index in [2.05, 4.69) is 35.7 Å². The summed E-state index contributed by atoms with van der Waals surface area (Å²) in [5, 5.41) is 12.5. The van der Waals surface area contributed by atoms with Crippen LogP contribution < -0.4 is 10.1 Å². The zero-order chi connectivity index (χ0) is 16.8. The second-order valence-electron chi connectivity index (χ2n) is 6.13. The Labute approximate surface area is 143 Å². The van der Waals surface area contributed by atoms with Gasteiger partial charge < -0.3 is 10.1 Å². The minimum atomic E-state index is 0.442. The third-order valence-electron chi connectivity index (χ3n) is 4.62. The van der Waals surface area contributed by atoms with Crippen LogP contribution in [0.2, 0.25) is 0 Å². The molecule has 0 aliphatic carbocycles. The van der Waals surface area contributed by atoms with Crippen molar-refractivity contribution in [2.75, 3.05) is 20.2 Å². The summed E-state index contributed by atoms with van der Waals surface area (Å²) in [4.78, 5) is 0. The van der Waals surface area contributed by atoms with Gasteiger partial charge in [-0.25, -0.2) is 0 Å². The number of nitrogens with zero attached hydrogens (tertiary/aromatic N) is 1. The molecule has 0 spiro atoms. The zero-order valence-electron chi connectivity index (χ0n) is 13.9. The highest BCUT2D eigenvalue weighted by Gasteiger charge is 2.24. The molecule has 1 heterocycles. The van der Waals surface area contributed by atoms with Gasteiger partial charge in [0.05, 0.1) is 18.7 Å². The van der Waals surface area contributed by atoms with Gasteiger partial charge in [0.1, 0.15) is 5.75 Å². The highest BCUT2D eigenvalue weighted by atomic mass is 16.5. The fourth-order valence-corrected chi connectivity index (χ4v) is 3.30. The molecule has 1 saturated heterocycles. The van der Waals surface area contributed by atoms with Gasteiger partial charge in [-0.2, -0.15) is 5.26 Å². The molecular formula is C21H22N2O. The summed E-state index contributed by atoms with van der Waals surface area (Å²) in [6.07, 6.45) is 5.53. The number of hydrogen-bond acceptors (Lipinski definition) is 3. The lowest BCUT2D eigenvalue weighted by Crippen LogP contribution is -2.34. The monoisotopic (exact) mass is 318 g/mol. The molecule has 1 N–H and O–H groups in total. The van der Waals surface area contributed by atoms with Crippen LogP contribution in [-0.2, 0) is 0 Å². The Hall–Kier alpha value is -2.57. The van der Waals surface area contributed by atoms with Crippen molar-refractivity contribution in [1.29, 1.82) is 5.26 Å². The molecule has 1 aliphatic rings. The van der Waals surface area contributed by atoms with E-state index in [0.29, 0.717) is 17.4 Å². The van der Waals surface area contributed by atoms with Gasteiger partial charge in [0, 0.05) is 6.54 Å². The first-order chi connectivity index (χ1) is 11.8. The second kappa shape index (κ2) is 7.81. The molecule has 1 aliphatic heterocycles. The van der Waals surface area contributed by atoms with Crippen LogP contribution in [0.25, 0.3) is 6.08 Å². The van der Waals surface area contributed by atoms with E-state index in [0.717, 1.165) is 30.8 Å². The molecule has 0 aromatic heterocycles. The lowest BCUT2D eigenvalue weighted by molar-refractivity contribution is 0.380. The molecule has 0 bridgehead atoms. The molecule has 2 atom stereocenters. The molecule has 3 heteroatoms. The van der Waals surface area contributed by atoms with Gasteiger partial charge in [-0.15, -0.1) is 0 Å². The molecule has 3 nitrogen and oxygen atoms in total. The fourth-order valence-electron chi connectivity index (χ4n) is 3.30. The second-order valence-corrected chi connectivity index (χ2v) is 6.13. The molecule has 0 unspecified atom stereocenters. The van der Waals surface area contributed by atoms with E-state index < -0.39 is 0 Å². The molecule has 0 saturated carbocycles. The summed E-state index contributed by atoms with van der Waals surface area (Å²) in [6, 6.07) is 18.3. The van der Waals surface area contributed by atoms with Crippen molar-refractivity contribution >= 4 is 6.08 Å². The van der Waals surface area contributed by atoms with Crippen LogP contribution in [-0.4, -0.2) is 20.2 Å². The molecule has 2 aromatic carbocycles. The standard InChI is InChI=1S/C21H22N2O/c1-24-20-9-7-18(8-10-20)21-11-12-23-15-19(21)6-5-16-3-2-4-17(13-16)14-22/h2-10,13,19,21,23H,11-12,15H2,1H3/b6-5+/t19-,21+/m1/s1. The Morgan fingerprint density at radius 2 is 2.04 bits per heavy atom. The SMILES string of the molecule is COc1ccc([C@@H]2CCNC[C@H]2/C=C/c2cccc(C#N)c2)cc1. The predicted molar refractivity (Wildman–Crippen MR) is 96.9 cm³/mol. The van der Waals surface area contributed by atoms with Crippen molar-refractivity contribution in [3.63, 3.8) is 0 Å². The number of ether oxygens (including phenoxy) is 1. The normalized spacial score (nSPS) is 20.7. The largest absolute Gasteiger partial charge is 0.497 e. The predicted octanol–water partition coefficient (Wildman–Crippen LogP) is 3.97. The van der Waals surface area contributed by atoms with E-state index in [-0.39, 0.29) is 0 Å². The molecule has 24 heavy (non-hydrogen) atoms. The number of nitriles is 1. The minimum absolute atomic E-state index is 0.442. The third kappa shape index (κ3) is 3.84. The summed E-state index contributed by atoms with van der Waals surface area (Å²) in [5.74, 6) is 1.85. The van der Waals surface area contributed by atoms with E-state index in [4.69, 9.17) is 10.00 Å². The van der Waals surface area contributed by atoms with Gasteiger partial charge in [-0.05, 0) is 60.2 Å². The van der Waals surface area contributed by atoms with Gasteiger partial charge >= 0.3 is 0 Å². The number of benzene rings is 2. The minimum Gasteiger partial charge on any atom is -0.497 e. The van der Waals surface area contributed by atoms with Crippen LogP contribution in [0, 0.1) is 17.2 Å². The molecule has 3 rings (SSSR count). The topological polar surface area (TPSA) is 45.0 Å². The molecular weight excluding hydrogens is 296 g/mol. The Morgan fingerprint density at radius 1 is 1.21 bits per heavy atom. The van der Waals surface area contributed by atoms with Gasteiger partial charge in [-0.3, -0.25) is 0 Å². The van der Waals surface area contributed by atoms with Crippen LogP contribution in [0.4, 0.5) is 0 Å². The van der Waals surface area contributed by atoms with Crippen LogP contribution >= 0.6 is 0 Å². The Kier molecular flexibility index (Phi) is 5.30. The summed E-state index contributed by atoms with van der Waals surface area (Å²) in [5.41, 5.74) is 3.14. The maximum absolute atomic E-state index is 9.02. The van der Waals surface area contributed by atoms with Crippen molar-refractivity contribution in [3.05, 3.63) is 71.3 Å². The summed E-state index contributed by atoms with van der Waals surface area (Å²) in [6.45, 7) is 2.02. The summed E-state index contributed by atoms with van der Waals surface area (Å²) >= 11 is 0. The summed E-state index contributed by atoms with van der Waals surface area (Å²) in [7, 11) is 1.69. The highest BCUT2D eigenvalue weighted by molar-refractivity contribution is 5.52. The van der Waals surface area contributed by atoms with Crippen molar-refractivity contribution in [2.45, 2.75) is 12.3 Å². The van der Waals surface area contributed by atoms with E-state index in [1.807, 2.05) is 36.4 Å². The molecule has 0 radical (unpaired) electrons. The average Bonchev–Trinajstić information content (AvgIpc) is 2.67. The summed E-state index contributed by atoms with van der Waals surface area (Å²) < 4.78 is 5.26. The number of piperidine rings is 1. The number of methoxy groups -OCH3 is 1. The number of nitrogens with one attached hydrogen (secondary N) is 1. The van der Waals surface area contributed by atoms with Crippen LogP contribution in [0.5, 0.6) is 5.75 Å². The smallest absolute Gasteiger partial charge is 0.118 e. The van der Waals surface area contributed by atoms with Crippen molar-refractivity contribution in [2.24, 2.45) is 5.92 Å². The van der Waals surface area contributed by atoms with E-state index in [1.165, 1.54) is 5.56 Å². The third-order valence-corrected chi connectivity index (χ3v) is 4.62. The molecule has 1 fully saturated rings. The van der Waals surface area contributed by atoms with Gasteiger partial charge in [0.15, 0.2) is 0 Å². The molecule has 2 aromatic rings. The first-order valence-corrected chi connectivity index (χ1v) is 8.33. The highest BCUT2D eigenvalue weighted by Crippen LogP contribution is 2.32. The van der Waals surface area contributed by atoms with E-state index in [1.54, 1.807) is 7.11 Å². The quantitative estimate of drug-likeness (QED) is 0.927. The zero-order valence-corrected chi connectivity index (χ0v) is 13.9. The van der Waals surface area contributed by atoms with Crippen LogP contribution in [0.3, 0.4) is 0 Å². The van der Waals surface area contributed by atoms with Crippen molar-refractivity contribution < 1.29 is 4.74 Å². The van der Waals surface area contributed by atoms with E-state index >= 15 is 0 Å². The average molecular weight is 318 g/mol. The maximum atomic E-state index is 9.02. The molecule has 122 valence electrons. The Morgan fingerprint density at radius 3 is 2.79 bits per heavy atom. The maximum Gasteiger partial charge on any atom is 0.118 e.